The van der Waals surface area contributed by atoms with E-state index in [4.69, 9.17) is 0 Å². The number of amides is 1. The highest BCUT2D eigenvalue weighted by atomic mass is 19.4. The van der Waals surface area contributed by atoms with Crippen molar-refractivity contribution in [3.8, 4) is 0 Å². The maximum atomic E-state index is 12.7. The monoisotopic (exact) mass is 259 g/mol. The average Bonchev–Trinajstić information content (AvgIpc) is 2.28. The highest BCUT2D eigenvalue weighted by molar-refractivity contribution is 5.96. The van der Waals surface area contributed by atoms with Crippen LogP contribution in [0, 0.1) is 0 Å². The van der Waals surface area contributed by atoms with Crippen molar-refractivity contribution in [1.29, 1.82) is 0 Å². The first-order valence-corrected chi connectivity index (χ1v) is 5.83. The Hall–Kier alpha value is -1.52. The van der Waals surface area contributed by atoms with Crippen LogP contribution in [-0.2, 0) is 6.18 Å². The molecule has 18 heavy (non-hydrogen) atoms. The summed E-state index contributed by atoms with van der Waals surface area (Å²) in [4.78, 5) is 11.8. The van der Waals surface area contributed by atoms with E-state index in [0.29, 0.717) is 0 Å². The minimum atomic E-state index is -4.51. The lowest BCUT2D eigenvalue weighted by Crippen LogP contribution is -2.33. The van der Waals surface area contributed by atoms with Crippen molar-refractivity contribution in [2.24, 2.45) is 0 Å². The summed E-state index contributed by atoms with van der Waals surface area (Å²) in [6.45, 7) is 3.73. The predicted molar refractivity (Wildman–Crippen MR) is 63.3 cm³/mol. The van der Waals surface area contributed by atoms with E-state index in [1.54, 1.807) is 6.92 Å². The van der Waals surface area contributed by atoms with Gasteiger partial charge in [0.25, 0.3) is 5.91 Å². The molecule has 100 valence electrons. The van der Waals surface area contributed by atoms with Gasteiger partial charge in [-0.25, -0.2) is 0 Å². The molecule has 0 saturated carbocycles. The lowest BCUT2D eigenvalue weighted by atomic mass is 10.1. The number of benzene rings is 1. The molecular formula is C13H16F3NO. The van der Waals surface area contributed by atoms with Crippen LogP contribution in [0.1, 0.15) is 42.6 Å². The van der Waals surface area contributed by atoms with Gasteiger partial charge in [0.1, 0.15) is 0 Å². The molecule has 1 atom stereocenters. The molecule has 0 aromatic heterocycles. The largest absolute Gasteiger partial charge is 0.417 e. The lowest BCUT2D eigenvalue weighted by molar-refractivity contribution is -0.137. The fourth-order valence-electron chi connectivity index (χ4n) is 1.74. The van der Waals surface area contributed by atoms with Gasteiger partial charge >= 0.3 is 6.18 Å². The number of carbonyl (C=O) groups is 1. The predicted octanol–water partition coefficient (Wildman–Crippen LogP) is 3.62. The fourth-order valence-corrected chi connectivity index (χ4v) is 1.74. The SMILES string of the molecule is CCCC(C)NC(=O)c1ccccc1C(F)(F)F. The van der Waals surface area contributed by atoms with Gasteiger partial charge in [-0.05, 0) is 25.5 Å². The second-order valence-corrected chi connectivity index (χ2v) is 4.21. The molecule has 1 unspecified atom stereocenters. The first kappa shape index (κ1) is 14.5. The lowest BCUT2D eigenvalue weighted by Gasteiger charge is -2.16. The van der Waals surface area contributed by atoms with E-state index in [9.17, 15) is 18.0 Å². The quantitative estimate of drug-likeness (QED) is 0.879. The molecule has 0 aliphatic rings. The van der Waals surface area contributed by atoms with Gasteiger partial charge in [-0.3, -0.25) is 4.79 Å². The Morgan fingerprint density at radius 1 is 1.33 bits per heavy atom. The molecular weight excluding hydrogens is 243 g/mol. The topological polar surface area (TPSA) is 29.1 Å². The van der Waals surface area contributed by atoms with E-state index < -0.39 is 17.6 Å². The Labute approximate surface area is 104 Å². The Morgan fingerprint density at radius 3 is 2.50 bits per heavy atom. The van der Waals surface area contributed by atoms with Crippen LogP contribution in [0.25, 0.3) is 0 Å². The minimum absolute atomic E-state index is 0.135. The van der Waals surface area contributed by atoms with E-state index in [0.717, 1.165) is 18.9 Å². The van der Waals surface area contributed by atoms with Gasteiger partial charge in [0, 0.05) is 6.04 Å². The molecule has 0 saturated heterocycles. The van der Waals surface area contributed by atoms with Crippen LogP contribution < -0.4 is 5.32 Å². The van der Waals surface area contributed by atoms with Crippen molar-refractivity contribution in [3.63, 3.8) is 0 Å². The summed E-state index contributed by atoms with van der Waals surface area (Å²) in [6, 6.07) is 4.67. The first-order chi connectivity index (χ1) is 8.36. The summed E-state index contributed by atoms with van der Waals surface area (Å²) in [5, 5.41) is 2.57. The van der Waals surface area contributed by atoms with Crippen molar-refractivity contribution in [1.82, 2.24) is 5.32 Å². The van der Waals surface area contributed by atoms with Crippen molar-refractivity contribution >= 4 is 5.91 Å². The van der Waals surface area contributed by atoms with Crippen molar-refractivity contribution < 1.29 is 18.0 Å². The fraction of sp³-hybridized carbons (Fsp3) is 0.462. The second kappa shape index (κ2) is 5.89. The van der Waals surface area contributed by atoms with Gasteiger partial charge in [0.2, 0.25) is 0 Å². The molecule has 1 amide bonds. The van der Waals surface area contributed by atoms with Crippen molar-refractivity contribution in [2.75, 3.05) is 0 Å². The smallest absolute Gasteiger partial charge is 0.350 e. The number of hydrogen-bond acceptors (Lipinski definition) is 1. The number of nitrogens with one attached hydrogen (secondary N) is 1. The zero-order chi connectivity index (χ0) is 13.8. The zero-order valence-electron chi connectivity index (χ0n) is 10.3. The van der Waals surface area contributed by atoms with Gasteiger partial charge < -0.3 is 5.32 Å². The van der Waals surface area contributed by atoms with Crippen molar-refractivity contribution in [3.05, 3.63) is 35.4 Å². The van der Waals surface area contributed by atoms with Crippen LogP contribution in [-0.4, -0.2) is 11.9 Å². The van der Waals surface area contributed by atoms with E-state index in [1.807, 2.05) is 6.92 Å². The molecule has 1 aromatic rings. The number of hydrogen-bond donors (Lipinski definition) is 1. The Balaban J connectivity index is 2.93. The van der Waals surface area contributed by atoms with E-state index in [-0.39, 0.29) is 11.6 Å². The summed E-state index contributed by atoms with van der Waals surface area (Å²) in [5.41, 5.74) is -1.22. The van der Waals surface area contributed by atoms with Gasteiger partial charge in [-0.15, -0.1) is 0 Å². The van der Waals surface area contributed by atoms with Gasteiger partial charge in [-0.1, -0.05) is 25.5 Å². The molecule has 0 fully saturated rings. The van der Waals surface area contributed by atoms with Crippen LogP contribution in [0.15, 0.2) is 24.3 Å². The van der Waals surface area contributed by atoms with E-state index in [2.05, 4.69) is 5.32 Å². The minimum Gasteiger partial charge on any atom is -0.350 e. The Kier molecular flexibility index (Phi) is 4.76. The third-order valence-electron chi connectivity index (χ3n) is 2.58. The molecule has 1 aromatic carbocycles. The third kappa shape index (κ3) is 3.75. The van der Waals surface area contributed by atoms with Gasteiger partial charge in [0.15, 0.2) is 0 Å². The molecule has 2 nitrogen and oxygen atoms in total. The summed E-state index contributed by atoms with van der Waals surface area (Å²) in [7, 11) is 0. The molecule has 0 radical (unpaired) electrons. The molecule has 0 aliphatic heterocycles. The molecule has 5 heteroatoms. The molecule has 1 rings (SSSR count). The molecule has 0 spiro atoms. The summed E-state index contributed by atoms with van der Waals surface area (Å²) < 4.78 is 38.1. The standard InChI is InChI=1S/C13H16F3NO/c1-3-6-9(2)17-12(18)10-7-4-5-8-11(10)13(14,15)16/h4-5,7-9H,3,6H2,1-2H3,(H,17,18). The van der Waals surface area contributed by atoms with Gasteiger partial charge in [-0.2, -0.15) is 13.2 Å². The van der Waals surface area contributed by atoms with Crippen LogP contribution in [0.2, 0.25) is 0 Å². The Bertz CT molecular complexity index is 415. The van der Waals surface area contributed by atoms with Crippen LogP contribution in [0.4, 0.5) is 13.2 Å². The molecule has 0 aliphatic carbocycles. The summed E-state index contributed by atoms with van der Waals surface area (Å²) in [5.74, 6) is -0.677. The maximum Gasteiger partial charge on any atom is 0.417 e. The number of rotatable bonds is 4. The molecule has 0 heterocycles. The molecule has 0 bridgehead atoms. The average molecular weight is 259 g/mol. The third-order valence-corrected chi connectivity index (χ3v) is 2.58. The summed E-state index contributed by atoms with van der Waals surface area (Å²) in [6.07, 6.45) is -2.91. The van der Waals surface area contributed by atoms with E-state index in [1.165, 1.54) is 18.2 Å². The second-order valence-electron chi connectivity index (χ2n) is 4.21. The van der Waals surface area contributed by atoms with Crippen molar-refractivity contribution in [2.45, 2.75) is 38.9 Å². The van der Waals surface area contributed by atoms with Crippen LogP contribution in [0.5, 0.6) is 0 Å². The van der Waals surface area contributed by atoms with E-state index >= 15 is 0 Å². The van der Waals surface area contributed by atoms with Gasteiger partial charge in [0.05, 0.1) is 11.1 Å². The molecule has 1 N–H and O–H groups in total. The Morgan fingerprint density at radius 2 is 1.94 bits per heavy atom. The van der Waals surface area contributed by atoms with Crippen LogP contribution in [0.3, 0.4) is 0 Å². The number of halogens is 3. The van der Waals surface area contributed by atoms with Crippen LogP contribution >= 0.6 is 0 Å². The zero-order valence-corrected chi connectivity index (χ0v) is 10.3. The maximum absolute atomic E-state index is 12.7. The first-order valence-electron chi connectivity index (χ1n) is 5.83. The normalized spacial score (nSPS) is 13.2. The summed E-state index contributed by atoms with van der Waals surface area (Å²) >= 11 is 0. The number of alkyl halides is 3. The highest BCUT2D eigenvalue weighted by Gasteiger charge is 2.34. The highest BCUT2D eigenvalue weighted by Crippen LogP contribution is 2.31. The number of carbonyl (C=O) groups excluding carboxylic acids is 1.